The van der Waals surface area contributed by atoms with Gasteiger partial charge in [-0.05, 0) is 31.5 Å². The van der Waals surface area contributed by atoms with Crippen LogP contribution in [0.4, 0.5) is 11.4 Å². The molecule has 1 atom stereocenters. The van der Waals surface area contributed by atoms with Crippen LogP contribution in [0.25, 0.3) is 0 Å². The third-order valence-electron chi connectivity index (χ3n) is 3.77. The van der Waals surface area contributed by atoms with Gasteiger partial charge in [-0.1, -0.05) is 0 Å². The van der Waals surface area contributed by atoms with Gasteiger partial charge in [0.05, 0.1) is 11.0 Å². The molecule has 5 nitrogen and oxygen atoms in total. The molecule has 0 radical (unpaired) electrons. The summed E-state index contributed by atoms with van der Waals surface area (Å²) < 4.78 is 0. The number of benzene rings is 1. The number of anilines is 2. The average Bonchev–Trinajstić information content (AvgIpc) is 2.82. The Hall–Kier alpha value is -2.22. The molecule has 19 heavy (non-hydrogen) atoms. The van der Waals surface area contributed by atoms with Gasteiger partial charge in [0.2, 0.25) is 5.91 Å². The molecular weight excluding hydrogens is 240 g/mol. The monoisotopic (exact) mass is 258 g/mol. The summed E-state index contributed by atoms with van der Waals surface area (Å²) in [5, 5.41) is 11.7. The van der Waals surface area contributed by atoms with Crippen LogP contribution in [0.2, 0.25) is 0 Å². The predicted molar refractivity (Wildman–Crippen MR) is 74.6 cm³/mol. The molecule has 1 aliphatic rings. The topological polar surface area (TPSA) is 82.2 Å². The van der Waals surface area contributed by atoms with Gasteiger partial charge in [-0.2, -0.15) is 5.26 Å². The lowest BCUT2D eigenvalue weighted by atomic mass is 9.89. The number of carbonyl (C=O) groups excluding carboxylic acids is 1. The van der Waals surface area contributed by atoms with Gasteiger partial charge in [0.15, 0.2) is 0 Å². The lowest BCUT2D eigenvalue weighted by molar-refractivity contribution is -0.128. The number of carbonyl (C=O) groups is 1. The largest absolute Gasteiger partial charge is 0.398 e. The summed E-state index contributed by atoms with van der Waals surface area (Å²) in [6.07, 6.45) is 0.805. The minimum absolute atomic E-state index is 0.0611. The first-order chi connectivity index (χ1) is 9.00. The van der Waals surface area contributed by atoms with E-state index in [0.717, 1.165) is 18.7 Å². The summed E-state index contributed by atoms with van der Waals surface area (Å²) in [7, 11) is 1.66. The average molecular weight is 258 g/mol. The number of amides is 1. The third-order valence-corrected chi connectivity index (χ3v) is 3.77. The van der Waals surface area contributed by atoms with E-state index in [1.54, 1.807) is 19.2 Å². The van der Waals surface area contributed by atoms with Crippen molar-refractivity contribution in [1.82, 2.24) is 5.32 Å². The molecule has 1 aliphatic heterocycles. The maximum Gasteiger partial charge on any atom is 0.227 e. The van der Waals surface area contributed by atoms with E-state index in [1.807, 2.05) is 13.0 Å². The van der Waals surface area contributed by atoms with Crippen LogP contribution in [0.1, 0.15) is 18.9 Å². The normalized spacial score (nSPS) is 22.1. The first kappa shape index (κ1) is 13.2. The molecule has 0 saturated carbocycles. The number of rotatable bonds is 2. The Labute approximate surface area is 113 Å². The highest BCUT2D eigenvalue weighted by molar-refractivity contribution is 5.83. The van der Waals surface area contributed by atoms with Crippen LogP contribution in [0.15, 0.2) is 18.2 Å². The number of nitrogen functional groups attached to an aromatic ring is 1. The highest BCUT2D eigenvalue weighted by Crippen LogP contribution is 2.34. The standard InChI is InChI=1S/C14H18N4O/c1-14(13(19)17-2)5-6-18(9-14)11-3-4-12(16)10(7-11)8-15/h3-4,7H,5-6,9,16H2,1-2H3,(H,17,19). The second-order valence-electron chi connectivity index (χ2n) is 5.19. The zero-order valence-electron chi connectivity index (χ0n) is 11.2. The maximum atomic E-state index is 11.9. The number of nitrogens with two attached hydrogens (primary N) is 1. The minimum Gasteiger partial charge on any atom is -0.398 e. The molecule has 0 spiro atoms. The van der Waals surface area contributed by atoms with Crippen LogP contribution < -0.4 is 16.0 Å². The van der Waals surface area contributed by atoms with Crippen molar-refractivity contribution in [3.05, 3.63) is 23.8 Å². The summed E-state index contributed by atoms with van der Waals surface area (Å²) >= 11 is 0. The predicted octanol–water partition coefficient (Wildman–Crippen LogP) is 1.10. The molecule has 1 heterocycles. The molecule has 100 valence electrons. The highest BCUT2D eigenvalue weighted by atomic mass is 16.2. The SMILES string of the molecule is CNC(=O)C1(C)CCN(c2ccc(N)c(C#N)c2)C1. The molecular formula is C14H18N4O. The third kappa shape index (κ3) is 2.34. The Balaban J connectivity index is 2.22. The number of hydrogen-bond acceptors (Lipinski definition) is 4. The molecule has 5 heteroatoms. The summed E-state index contributed by atoms with van der Waals surface area (Å²) in [6, 6.07) is 7.50. The van der Waals surface area contributed by atoms with E-state index < -0.39 is 0 Å². The van der Waals surface area contributed by atoms with E-state index in [4.69, 9.17) is 11.0 Å². The van der Waals surface area contributed by atoms with Crippen molar-refractivity contribution >= 4 is 17.3 Å². The Bertz CT molecular complexity index is 549. The van der Waals surface area contributed by atoms with Gasteiger partial charge < -0.3 is 16.0 Å². The first-order valence-corrected chi connectivity index (χ1v) is 6.27. The quantitative estimate of drug-likeness (QED) is 0.778. The lowest BCUT2D eigenvalue weighted by Crippen LogP contribution is -2.39. The first-order valence-electron chi connectivity index (χ1n) is 6.27. The van der Waals surface area contributed by atoms with Gasteiger partial charge in [-0.15, -0.1) is 0 Å². The fraction of sp³-hybridized carbons (Fsp3) is 0.429. The fourth-order valence-electron chi connectivity index (χ4n) is 2.51. The van der Waals surface area contributed by atoms with Crippen molar-refractivity contribution in [1.29, 1.82) is 5.26 Å². The Morgan fingerprint density at radius 3 is 2.95 bits per heavy atom. The van der Waals surface area contributed by atoms with Gasteiger partial charge in [0, 0.05) is 31.5 Å². The molecule has 1 saturated heterocycles. The molecule has 1 aromatic carbocycles. The van der Waals surface area contributed by atoms with Crippen molar-refractivity contribution in [2.75, 3.05) is 30.8 Å². The van der Waals surface area contributed by atoms with Crippen LogP contribution in [0.5, 0.6) is 0 Å². The van der Waals surface area contributed by atoms with Crippen molar-refractivity contribution in [2.45, 2.75) is 13.3 Å². The summed E-state index contributed by atoms with van der Waals surface area (Å²) in [6.45, 7) is 3.43. The molecule has 1 amide bonds. The van der Waals surface area contributed by atoms with Gasteiger partial charge in [0.25, 0.3) is 0 Å². The van der Waals surface area contributed by atoms with Crippen molar-refractivity contribution in [3.63, 3.8) is 0 Å². The highest BCUT2D eigenvalue weighted by Gasteiger charge is 2.39. The number of nitrogens with one attached hydrogen (secondary N) is 1. The Kier molecular flexibility index (Phi) is 3.34. The van der Waals surface area contributed by atoms with Crippen molar-refractivity contribution in [2.24, 2.45) is 5.41 Å². The smallest absolute Gasteiger partial charge is 0.227 e. The van der Waals surface area contributed by atoms with E-state index in [-0.39, 0.29) is 11.3 Å². The van der Waals surface area contributed by atoms with E-state index in [2.05, 4.69) is 16.3 Å². The van der Waals surface area contributed by atoms with E-state index in [0.29, 0.717) is 17.8 Å². The van der Waals surface area contributed by atoms with Crippen LogP contribution in [0.3, 0.4) is 0 Å². The molecule has 0 bridgehead atoms. The second kappa shape index (κ2) is 4.81. The molecule has 1 aromatic rings. The Morgan fingerprint density at radius 2 is 2.32 bits per heavy atom. The van der Waals surface area contributed by atoms with E-state index in [9.17, 15) is 4.79 Å². The molecule has 3 N–H and O–H groups in total. The van der Waals surface area contributed by atoms with Crippen LogP contribution in [-0.2, 0) is 4.79 Å². The molecule has 1 unspecified atom stereocenters. The van der Waals surface area contributed by atoms with Crippen molar-refractivity contribution in [3.8, 4) is 6.07 Å². The Morgan fingerprint density at radius 1 is 1.58 bits per heavy atom. The summed E-state index contributed by atoms with van der Waals surface area (Å²) in [5.74, 6) is 0.0611. The maximum absolute atomic E-state index is 11.9. The molecule has 0 aromatic heterocycles. The lowest BCUT2D eigenvalue weighted by Gasteiger charge is -2.24. The van der Waals surface area contributed by atoms with Crippen LogP contribution in [-0.4, -0.2) is 26.0 Å². The summed E-state index contributed by atoms with van der Waals surface area (Å²) in [4.78, 5) is 14.0. The minimum atomic E-state index is -0.372. The van der Waals surface area contributed by atoms with Gasteiger partial charge >= 0.3 is 0 Å². The zero-order valence-corrected chi connectivity index (χ0v) is 11.2. The second-order valence-corrected chi connectivity index (χ2v) is 5.19. The van der Waals surface area contributed by atoms with Crippen molar-refractivity contribution < 1.29 is 4.79 Å². The fourth-order valence-corrected chi connectivity index (χ4v) is 2.51. The molecule has 1 fully saturated rings. The number of nitriles is 1. The summed E-state index contributed by atoms with van der Waals surface area (Å²) in [5.41, 5.74) is 7.25. The molecule has 2 rings (SSSR count). The number of hydrogen-bond donors (Lipinski definition) is 2. The van der Waals surface area contributed by atoms with E-state index >= 15 is 0 Å². The number of nitrogens with zero attached hydrogens (tertiary/aromatic N) is 2. The van der Waals surface area contributed by atoms with E-state index in [1.165, 1.54) is 0 Å². The van der Waals surface area contributed by atoms with Crippen LogP contribution in [0, 0.1) is 16.7 Å². The van der Waals surface area contributed by atoms with Crippen LogP contribution >= 0.6 is 0 Å². The van der Waals surface area contributed by atoms with Gasteiger partial charge in [-0.3, -0.25) is 4.79 Å². The van der Waals surface area contributed by atoms with Gasteiger partial charge in [0.1, 0.15) is 6.07 Å². The van der Waals surface area contributed by atoms with Gasteiger partial charge in [-0.25, -0.2) is 0 Å². The molecule has 0 aliphatic carbocycles. The zero-order chi connectivity index (χ0) is 14.0.